The summed E-state index contributed by atoms with van der Waals surface area (Å²) in [4.78, 5) is 12.0. The van der Waals surface area contributed by atoms with Crippen molar-refractivity contribution < 1.29 is 9.90 Å². The summed E-state index contributed by atoms with van der Waals surface area (Å²) in [7, 11) is 0. The standard InChI is InChI=1S/C16H14O2S/c1-2-19-16(15(17)18)13-9-5-3-7-11(13)12-8-4-6-10-14(12)16/h3-10H,2H2,1H3,(H,17,18). The molecule has 3 heteroatoms. The third-order valence-corrected chi connectivity index (χ3v) is 4.90. The Balaban J connectivity index is 2.38. The molecular formula is C16H14O2S. The molecule has 0 unspecified atom stereocenters. The van der Waals surface area contributed by atoms with Crippen LogP contribution < -0.4 is 0 Å². The highest BCUT2D eigenvalue weighted by molar-refractivity contribution is 8.01. The summed E-state index contributed by atoms with van der Waals surface area (Å²) >= 11 is 1.48. The lowest BCUT2D eigenvalue weighted by Crippen LogP contribution is -2.31. The van der Waals surface area contributed by atoms with Gasteiger partial charge in [-0.1, -0.05) is 55.5 Å². The van der Waals surface area contributed by atoms with E-state index in [9.17, 15) is 9.90 Å². The topological polar surface area (TPSA) is 37.3 Å². The number of thioether (sulfide) groups is 1. The van der Waals surface area contributed by atoms with Crippen LogP contribution in [0.2, 0.25) is 0 Å². The summed E-state index contributed by atoms with van der Waals surface area (Å²) in [6.07, 6.45) is 0. The second-order valence-electron chi connectivity index (χ2n) is 4.51. The highest BCUT2D eigenvalue weighted by Crippen LogP contribution is 2.54. The van der Waals surface area contributed by atoms with E-state index >= 15 is 0 Å². The number of carbonyl (C=O) groups is 1. The third kappa shape index (κ3) is 1.55. The fraction of sp³-hybridized carbons (Fsp3) is 0.188. The van der Waals surface area contributed by atoms with Crippen molar-refractivity contribution in [1.29, 1.82) is 0 Å². The van der Waals surface area contributed by atoms with Crippen LogP contribution in [0.1, 0.15) is 18.1 Å². The zero-order valence-corrected chi connectivity index (χ0v) is 11.4. The maximum Gasteiger partial charge on any atom is 0.329 e. The normalized spacial score (nSPS) is 14.8. The second kappa shape index (κ2) is 4.42. The zero-order valence-electron chi connectivity index (χ0n) is 10.6. The van der Waals surface area contributed by atoms with Crippen LogP contribution in [-0.4, -0.2) is 16.8 Å². The van der Waals surface area contributed by atoms with E-state index in [1.54, 1.807) is 0 Å². The van der Waals surface area contributed by atoms with Gasteiger partial charge < -0.3 is 5.11 Å². The molecule has 0 heterocycles. The molecule has 19 heavy (non-hydrogen) atoms. The van der Waals surface area contributed by atoms with Crippen molar-refractivity contribution in [2.24, 2.45) is 0 Å². The summed E-state index contributed by atoms with van der Waals surface area (Å²) in [5, 5.41) is 9.87. The Kier molecular flexibility index (Phi) is 2.86. The van der Waals surface area contributed by atoms with Gasteiger partial charge in [0.1, 0.15) is 0 Å². The first kappa shape index (κ1) is 12.3. The van der Waals surface area contributed by atoms with Gasteiger partial charge in [-0.2, -0.15) is 0 Å². The molecule has 96 valence electrons. The van der Waals surface area contributed by atoms with Crippen molar-refractivity contribution in [1.82, 2.24) is 0 Å². The molecular weight excluding hydrogens is 256 g/mol. The molecule has 1 aliphatic rings. The van der Waals surface area contributed by atoms with Gasteiger partial charge in [-0.15, -0.1) is 11.8 Å². The molecule has 0 spiro atoms. The maximum atomic E-state index is 12.0. The van der Waals surface area contributed by atoms with Gasteiger partial charge >= 0.3 is 5.97 Å². The molecule has 3 rings (SSSR count). The van der Waals surface area contributed by atoms with E-state index in [4.69, 9.17) is 0 Å². The van der Waals surface area contributed by atoms with Crippen molar-refractivity contribution in [2.45, 2.75) is 11.7 Å². The van der Waals surface area contributed by atoms with E-state index in [-0.39, 0.29) is 0 Å². The molecule has 2 aromatic carbocycles. The van der Waals surface area contributed by atoms with Gasteiger partial charge in [-0.05, 0) is 28.0 Å². The highest BCUT2D eigenvalue weighted by Gasteiger charge is 2.49. The first-order chi connectivity index (χ1) is 9.21. The van der Waals surface area contributed by atoms with Gasteiger partial charge in [-0.25, -0.2) is 4.79 Å². The summed E-state index contributed by atoms with van der Waals surface area (Å²) in [5.41, 5.74) is 3.88. The highest BCUT2D eigenvalue weighted by atomic mass is 32.2. The van der Waals surface area contributed by atoms with Gasteiger partial charge in [0.2, 0.25) is 0 Å². The Morgan fingerprint density at radius 2 is 1.53 bits per heavy atom. The molecule has 0 atom stereocenters. The number of hydrogen-bond donors (Lipinski definition) is 1. The van der Waals surface area contributed by atoms with Crippen LogP contribution in [0.3, 0.4) is 0 Å². The number of carboxylic acids is 1. The van der Waals surface area contributed by atoms with E-state index in [1.165, 1.54) is 11.8 Å². The Labute approximate surface area is 116 Å². The number of fused-ring (bicyclic) bond motifs is 3. The molecule has 0 saturated carbocycles. The monoisotopic (exact) mass is 270 g/mol. The zero-order chi connectivity index (χ0) is 13.5. The smallest absolute Gasteiger partial charge is 0.329 e. The van der Waals surface area contributed by atoms with Gasteiger partial charge in [0.15, 0.2) is 4.75 Å². The minimum atomic E-state index is -0.956. The molecule has 0 fully saturated rings. The Morgan fingerprint density at radius 1 is 1.05 bits per heavy atom. The summed E-state index contributed by atoms with van der Waals surface area (Å²) in [5.74, 6) is -0.0219. The third-order valence-electron chi connectivity index (χ3n) is 3.56. The predicted octanol–water partition coefficient (Wildman–Crippen LogP) is 3.75. The van der Waals surface area contributed by atoms with E-state index in [0.29, 0.717) is 0 Å². The average molecular weight is 270 g/mol. The van der Waals surface area contributed by atoms with E-state index in [0.717, 1.165) is 28.0 Å². The quantitative estimate of drug-likeness (QED) is 0.923. The number of hydrogen-bond acceptors (Lipinski definition) is 2. The largest absolute Gasteiger partial charge is 0.480 e. The minimum absolute atomic E-state index is 0.759. The Bertz CT molecular complexity index is 603. The summed E-state index contributed by atoms with van der Waals surface area (Å²) in [6.45, 7) is 2.00. The average Bonchev–Trinajstić information content (AvgIpc) is 2.72. The van der Waals surface area contributed by atoms with Gasteiger partial charge in [0.05, 0.1) is 0 Å². The molecule has 0 saturated heterocycles. The maximum absolute atomic E-state index is 12.0. The number of benzene rings is 2. The summed E-state index contributed by atoms with van der Waals surface area (Å²) < 4.78 is -0.956. The van der Waals surface area contributed by atoms with Crippen LogP contribution >= 0.6 is 11.8 Å². The van der Waals surface area contributed by atoms with Crippen LogP contribution in [0.25, 0.3) is 11.1 Å². The fourth-order valence-electron chi connectivity index (χ4n) is 2.86. The molecule has 1 aliphatic carbocycles. The predicted molar refractivity (Wildman–Crippen MR) is 78.4 cm³/mol. The summed E-state index contributed by atoms with van der Waals surface area (Å²) in [6, 6.07) is 15.6. The second-order valence-corrected chi connectivity index (χ2v) is 5.99. The van der Waals surface area contributed by atoms with Crippen molar-refractivity contribution >= 4 is 17.7 Å². The van der Waals surface area contributed by atoms with E-state index in [2.05, 4.69) is 0 Å². The van der Waals surface area contributed by atoms with Crippen LogP contribution in [0, 0.1) is 0 Å². The number of aliphatic carboxylic acids is 1. The van der Waals surface area contributed by atoms with Crippen LogP contribution in [0.15, 0.2) is 48.5 Å². The fourth-order valence-corrected chi connectivity index (χ4v) is 4.08. The lowest BCUT2D eigenvalue weighted by molar-refractivity contribution is -0.138. The van der Waals surface area contributed by atoms with Crippen molar-refractivity contribution in [3.63, 3.8) is 0 Å². The molecule has 2 aromatic rings. The first-order valence-corrected chi connectivity index (χ1v) is 7.27. The molecule has 0 amide bonds. The van der Waals surface area contributed by atoms with Crippen molar-refractivity contribution in [3.05, 3.63) is 59.7 Å². The van der Waals surface area contributed by atoms with Gasteiger partial charge in [0.25, 0.3) is 0 Å². The molecule has 1 N–H and O–H groups in total. The number of carboxylic acid groups (broad SMARTS) is 1. The molecule has 2 nitrogen and oxygen atoms in total. The molecule has 0 aliphatic heterocycles. The minimum Gasteiger partial charge on any atom is -0.480 e. The lowest BCUT2D eigenvalue weighted by atomic mass is 9.96. The Hall–Kier alpha value is -1.74. The Morgan fingerprint density at radius 3 is 1.95 bits per heavy atom. The SMILES string of the molecule is CCSC1(C(=O)O)c2ccccc2-c2ccccc21. The van der Waals surface area contributed by atoms with E-state index in [1.807, 2.05) is 55.5 Å². The first-order valence-electron chi connectivity index (χ1n) is 6.28. The van der Waals surface area contributed by atoms with Crippen molar-refractivity contribution in [3.8, 4) is 11.1 Å². The molecule has 0 bridgehead atoms. The van der Waals surface area contributed by atoms with Crippen LogP contribution in [-0.2, 0) is 9.54 Å². The number of rotatable bonds is 3. The molecule has 0 radical (unpaired) electrons. The van der Waals surface area contributed by atoms with Gasteiger partial charge in [-0.3, -0.25) is 0 Å². The van der Waals surface area contributed by atoms with Crippen molar-refractivity contribution in [2.75, 3.05) is 5.75 Å². The van der Waals surface area contributed by atoms with Crippen LogP contribution in [0.5, 0.6) is 0 Å². The molecule has 0 aromatic heterocycles. The van der Waals surface area contributed by atoms with Gasteiger partial charge in [0, 0.05) is 0 Å². The van der Waals surface area contributed by atoms with Crippen LogP contribution in [0.4, 0.5) is 0 Å². The van der Waals surface area contributed by atoms with E-state index < -0.39 is 10.7 Å². The lowest BCUT2D eigenvalue weighted by Gasteiger charge is -2.26.